The molecule has 3 fully saturated rings. The highest BCUT2D eigenvalue weighted by Gasteiger charge is 2.45. The van der Waals surface area contributed by atoms with Crippen LogP contribution >= 0.6 is 0 Å². The van der Waals surface area contributed by atoms with Crippen molar-refractivity contribution in [2.45, 2.75) is 121 Å². The van der Waals surface area contributed by atoms with E-state index >= 15 is 4.39 Å². The topological polar surface area (TPSA) is 18.5 Å². The van der Waals surface area contributed by atoms with Crippen LogP contribution in [0.15, 0.2) is 30.3 Å². The lowest BCUT2D eigenvalue weighted by molar-refractivity contribution is -0.224. The predicted molar refractivity (Wildman–Crippen MR) is 154 cm³/mol. The molecule has 8 heteroatoms. The van der Waals surface area contributed by atoms with Gasteiger partial charge in [-0.25, -0.2) is 17.6 Å². The molecule has 3 aliphatic rings. The van der Waals surface area contributed by atoms with Crippen LogP contribution < -0.4 is 4.74 Å². The Kier molecular flexibility index (Phi) is 10.7. The molecule has 0 bridgehead atoms. The van der Waals surface area contributed by atoms with Crippen molar-refractivity contribution in [1.82, 2.24) is 0 Å². The zero-order chi connectivity index (χ0) is 30.6. The van der Waals surface area contributed by atoms with Gasteiger partial charge in [0, 0.05) is 18.7 Å². The fourth-order valence-electron chi connectivity index (χ4n) is 7.75. The Labute approximate surface area is 251 Å². The zero-order valence-corrected chi connectivity index (χ0v) is 25.0. The number of unbranched alkanes of at least 4 members (excludes halogenated alkanes) is 1. The van der Waals surface area contributed by atoms with E-state index in [2.05, 4.69) is 17.7 Å². The molecule has 5 rings (SSSR count). The third-order valence-electron chi connectivity index (χ3n) is 10.4. The Morgan fingerprint density at radius 1 is 0.698 bits per heavy atom. The van der Waals surface area contributed by atoms with Crippen molar-refractivity contribution >= 4 is 0 Å². The van der Waals surface area contributed by atoms with E-state index in [1.807, 2.05) is 6.07 Å². The van der Waals surface area contributed by atoms with Gasteiger partial charge in [-0.1, -0.05) is 25.5 Å². The number of hydrogen-bond donors (Lipinski definition) is 0. The first-order valence-corrected chi connectivity index (χ1v) is 16.3. The molecular formula is C35H44F6O2. The van der Waals surface area contributed by atoms with E-state index in [4.69, 9.17) is 4.74 Å². The first-order chi connectivity index (χ1) is 20.6. The second-order valence-electron chi connectivity index (χ2n) is 13.1. The summed E-state index contributed by atoms with van der Waals surface area (Å²) in [4.78, 5) is 0. The summed E-state index contributed by atoms with van der Waals surface area (Å²) in [5.41, 5.74) is 1.89. The molecule has 2 nitrogen and oxygen atoms in total. The Bertz CT molecular complexity index is 1170. The Morgan fingerprint density at radius 3 is 1.86 bits per heavy atom. The van der Waals surface area contributed by atoms with Crippen LogP contribution in [0.3, 0.4) is 0 Å². The molecule has 3 aliphatic carbocycles. The van der Waals surface area contributed by atoms with Crippen LogP contribution in [0.2, 0.25) is 0 Å². The normalized spacial score (nSPS) is 28.5. The molecule has 0 heterocycles. The van der Waals surface area contributed by atoms with Gasteiger partial charge in [0.2, 0.25) is 0 Å². The van der Waals surface area contributed by atoms with Crippen molar-refractivity contribution in [2.24, 2.45) is 17.8 Å². The highest BCUT2D eigenvalue weighted by Crippen LogP contribution is 2.47. The maximum absolute atomic E-state index is 15.3. The van der Waals surface area contributed by atoms with Gasteiger partial charge < -0.3 is 9.47 Å². The molecule has 0 aliphatic heterocycles. The van der Waals surface area contributed by atoms with E-state index in [-0.39, 0.29) is 24.6 Å². The molecule has 0 atom stereocenters. The van der Waals surface area contributed by atoms with Crippen molar-refractivity contribution in [3.8, 4) is 5.75 Å². The lowest BCUT2D eigenvalue weighted by Gasteiger charge is -2.39. The van der Waals surface area contributed by atoms with Gasteiger partial charge >= 0.3 is 6.11 Å². The van der Waals surface area contributed by atoms with Gasteiger partial charge in [0.25, 0.3) is 0 Å². The number of hydrogen-bond acceptors (Lipinski definition) is 2. The van der Waals surface area contributed by atoms with E-state index in [1.54, 1.807) is 6.07 Å². The maximum atomic E-state index is 15.3. The van der Waals surface area contributed by atoms with Gasteiger partial charge in [-0.3, -0.25) is 0 Å². The molecule has 2 aromatic carbocycles. The Morgan fingerprint density at radius 2 is 1.28 bits per heavy atom. The molecule has 0 unspecified atom stereocenters. The van der Waals surface area contributed by atoms with Crippen LogP contribution in [0.4, 0.5) is 26.3 Å². The highest BCUT2D eigenvalue weighted by molar-refractivity contribution is 5.30. The quantitative estimate of drug-likeness (QED) is 0.151. The average molecular weight is 611 g/mol. The van der Waals surface area contributed by atoms with Crippen molar-refractivity contribution in [1.29, 1.82) is 0 Å². The summed E-state index contributed by atoms with van der Waals surface area (Å²) < 4.78 is 95.7. The number of alkyl halides is 2. The van der Waals surface area contributed by atoms with Crippen LogP contribution in [-0.2, 0) is 4.74 Å². The van der Waals surface area contributed by atoms with E-state index < -0.39 is 35.2 Å². The van der Waals surface area contributed by atoms with Crippen LogP contribution in [0.5, 0.6) is 5.75 Å². The van der Waals surface area contributed by atoms with Crippen molar-refractivity contribution < 1.29 is 35.8 Å². The predicted octanol–water partition coefficient (Wildman–Crippen LogP) is 10.8. The molecule has 0 N–H and O–H groups in total. The molecule has 0 aromatic heterocycles. The molecule has 238 valence electrons. The highest BCUT2D eigenvalue weighted by atomic mass is 19.3. The molecule has 0 saturated heterocycles. The lowest BCUT2D eigenvalue weighted by atomic mass is 9.68. The molecule has 3 saturated carbocycles. The van der Waals surface area contributed by atoms with E-state index in [9.17, 15) is 22.0 Å². The third kappa shape index (κ3) is 7.90. The number of rotatable bonds is 10. The molecule has 0 radical (unpaired) electrons. The molecular weight excluding hydrogens is 566 g/mol. The van der Waals surface area contributed by atoms with Gasteiger partial charge in [0.05, 0.1) is 12.0 Å². The summed E-state index contributed by atoms with van der Waals surface area (Å²) in [6.07, 6.45) is 8.50. The SMILES string of the molecule is CCCCOC1CCC(c2ccc(C3CCC(C4CCC(C(F)(F)Oc5cc(F)c(F)c(F)c5)CC4)CC3)c(F)c2)CC1. The number of ether oxygens (including phenoxy) is 2. The summed E-state index contributed by atoms with van der Waals surface area (Å²) >= 11 is 0. The number of benzene rings is 2. The zero-order valence-electron chi connectivity index (χ0n) is 25.0. The fraction of sp³-hybridized carbons (Fsp3) is 0.657. The summed E-state index contributed by atoms with van der Waals surface area (Å²) in [5.74, 6) is -5.44. The second-order valence-corrected chi connectivity index (χ2v) is 13.1. The number of halogens is 6. The summed E-state index contributed by atoms with van der Waals surface area (Å²) in [6, 6.07) is 6.76. The van der Waals surface area contributed by atoms with E-state index in [0.29, 0.717) is 48.8 Å². The Balaban J connectivity index is 1.08. The molecule has 0 spiro atoms. The van der Waals surface area contributed by atoms with Crippen LogP contribution in [0.25, 0.3) is 0 Å². The summed E-state index contributed by atoms with van der Waals surface area (Å²) in [5, 5.41) is 0. The third-order valence-corrected chi connectivity index (χ3v) is 10.4. The smallest absolute Gasteiger partial charge is 0.400 e. The summed E-state index contributed by atoms with van der Waals surface area (Å²) in [6.45, 7) is 2.99. The van der Waals surface area contributed by atoms with Gasteiger partial charge in [0.1, 0.15) is 11.6 Å². The van der Waals surface area contributed by atoms with Gasteiger partial charge in [0.15, 0.2) is 17.5 Å². The monoisotopic (exact) mass is 610 g/mol. The molecule has 2 aromatic rings. The minimum atomic E-state index is -3.61. The average Bonchev–Trinajstić information content (AvgIpc) is 3.00. The standard InChI is InChI=1S/C35H44F6O2/c1-2-3-18-42-28-15-10-24(11-16-28)26-12-17-30(31(36)19-26)25-6-4-22(5-7-25)23-8-13-27(14-9-23)35(40,41)43-29-20-32(37)34(39)33(38)21-29/h12,17,19-25,27-28H,2-11,13-16,18H2,1H3. The largest absolute Gasteiger partial charge is 0.432 e. The van der Waals surface area contributed by atoms with Crippen molar-refractivity contribution in [3.05, 3.63) is 64.7 Å². The lowest BCUT2D eigenvalue weighted by Crippen LogP contribution is -2.38. The maximum Gasteiger partial charge on any atom is 0.400 e. The Hall–Kier alpha value is -2.22. The van der Waals surface area contributed by atoms with Gasteiger partial charge in [-0.05, 0) is 124 Å². The van der Waals surface area contributed by atoms with Crippen molar-refractivity contribution in [3.63, 3.8) is 0 Å². The van der Waals surface area contributed by atoms with E-state index in [1.165, 1.54) is 0 Å². The minimum Gasteiger partial charge on any atom is -0.432 e. The minimum absolute atomic E-state index is 0.106. The van der Waals surface area contributed by atoms with Crippen molar-refractivity contribution in [2.75, 3.05) is 6.61 Å². The van der Waals surface area contributed by atoms with Gasteiger partial charge in [-0.15, -0.1) is 0 Å². The summed E-state index contributed by atoms with van der Waals surface area (Å²) in [7, 11) is 0. The first kappa shape index (κ1) is 32.2. The fourth-order valence-corrected chi connectivity index (χ4v) is 7.75. The molecule has 43 heavy (non-hydrogen) atoms. The van der Waals surface area contributed by atoms with Crippen LogP contribution in [0.1, 0.15) is 120 Å². The van der Waals surface area contributed by atoms with Crippen LogP contribution in [-0.4, -0.2) is 18.8 Å². The van der Waals surface area contributed by atoms with Crippen LogP contribution in [0, 0.1) is 41.0 Å². The second kappa shape index (κ2) is 14.3. The van der Waals surface area contributed by atoms with E-state index in [0.717, 1.165) is 81.9 Å². The van der Waals surface area contributed by atoms with Gasteiger partial charge in [-0.2, -0.15) is 8.78 Å². The molecule has 0 amide bonds. The first-order valence-electron chi connectivity index (χ1n) is 16.3.